The number of hydrogen-bond acceptors (Lipinski definition) is 4. The van der Waals surface area contributed by atoms with Crippen molar-refractivity contribution in [3.05, 3.63) is 76.8 Å². The molecule has 142 valence electrons. The summed E-state index contributed by atoms with van der Waals surface area (Å²) < 4.78 is 18.4. The number of aryl methyl sites for hydroxylation is 1. The van der Waals surface area contributed by atoms with Gasteiger partial charge in [-0.1, -0.05) is 48.0 Å². The summed E-state index contributed by atoms with van der Waals surface area (Å²) in [6, 6.07) is 17.1. The zero-order valence-corrected chi connectivity index (χ0v) is 16.2. The Labute approximate surface area is 162 Å². The van der Waals surface area contributed by atoms with E-state index in [4.69, 9.17) is 4.74 Å². The van der Waals surface area contributed by atoms with Crippen LogP contribution in [0.5, 0.6) is 0 Å². The van der Waals surface area contributed by atoms with Gasteiger partial charge in [0.25, 0.3) is 5.91 Å². The van der Waals surface area contributed by atoms with Crippen LogP contribution in [0.1, 0.15) is 11.1 Å². The summed E-state index contributed by atoms with van der Waals surface area (Å²) in [4.78, 5) is 15.1. The highest BCUT2D eigenvalue weighted by Crippen LogP contribution is 2.16. The number of rotatable bonds is 6. The van der Waals surface area contributed by atoms with Crippen molar-refractivity contribution in [2.24, 2.45) is 0 Å². The van der Waals surface area contributed by atoms with E-state index in [9.17, 15) is 9.00 Å². The maximum Gasteiger partial charge on any atom is 0.266 e. The van der Waals surface area contributed by atoms with Gasteiger partial charge in [-0.3, -0.25) is 9.00 Å². The van der Waals surface area contributed by atoms with Crippen LogP contribution in [0.2, 0.25) is 0 Å². The van der Waals surface area contributed by atoms with E-state index in [1.54, 1.807) is 6.20 Å². The van der Waals surface area contributed by atoms with E-state index in [1.807, 2.05) is 66.4 Å². The first-order valence-corrected chi connectivity index (χ1v) is 10.3. The van der Waals surface area contributed by atoms with E-state index >= 15 is 0 Å². The van der Waals surface area contributed by atoms with Crippen LogP contribution in [-0.2, 0) is 26.1 Å². The molecule has 0 bridgehead atoms. The third-order valence-corrected chi connectivity index (χ3v) is 5.64. The van der Waals surface area contributed by atoms with E-state index in [-0.39, 0.29) is 10.8 Å². The zero-order chi connectivity index (χ0) is 19.1. The van der Waals surface area contributed by atoms with E-state index < -0.39 is 10.8 Å². The van der Waals surface area contributed by atoms with E-state index in [0.29, 0.717) is 37.7 Å². The maximum atomic E-state index is 13.0. The molecule has 1 unspecified atom stereocenters. The molecule has 1 saturated heterocycles. The molecule has 1 fully saturated rings. The van der Waals surface area contributed by atoms with Gasteiger partial charge in [0, 0.05) is 25.0 Å². The van der Waals surface area contributed by atoms with Gasteiger partial charge >= 0.3 is 0 Å². The van der Waals surface area contributed by atoms with Crippen molar-refractivity contribution < 1.29 is 13.7 Å². The topological polar surface area (TPSA) is 58.6 Å². The molecular formula is C21H24N2O3S. The summed E-state index contributed by atoms with van der Waals surface area (Å²) >= 11 is 0. The lowest BCUT2D eigenvalue weighted by Gasteiger charge is -2.26. The van der Waals surface area contributed by atoms with E-state index in [0.717, 1.165) is 11.1 Å². The molecular weight excluding hydrogens is 360 g/mol. The molecule has 1 N–H and O–H groups in total. The predicted octanol–water partition coefficient (Wildman–Crippen LogP) is 3.06. The summed E-state index contributed by atoms with van der Waals surface area (Å²) in [6.45, 7) is 4.57. The standard InChI is InChI=1S/C21H24N2O3S/c1-17-7-9-19(10-8-17)22-21(24)20(15-23-11-13-26-14-12-23)27(25)16-18-5-3-2-4-6-18/h2-10,15H,11-14,16H2,1H3,(H,22,24)/b20-15-. The second-order valence-corrected chi connectivity index (χ2v) is 7.86. The van der Waals surface area contributed by atoms with Gasteiger partial charge in [-0.2, -0.15) is 0 Å². The largest absolute Gasteiger partial charge is 0.378 e. The number of nitrogens with zero attached hydrogens (tertiary/aromatic N) is 1. The van der Waals surface area contributed by atoms with Crippen LogP contribution in [0.4, 0.5) is 5.69 Å². The molecule has 3 rings (SSSR count). The van der Waals surface area contributed by atoms with Crippen molar-refractivity contribution in [3.8, 4) is 0 Å². The van der Waals surface area contributed by atoms with Crippen LogP contribution in [-0.4, -0.2) is 41.3 Å². The molecule has 1 aliphatic heterocycles. The Morgan fingerprint density at radius 1 is 1.11 bits per heavy atom. The Kier molecular flexibility index (Phi) is 6.79. The smallest absolute Gasteiger partial charge is 0.266 e. The second kappa shape index (κ2) is 9.48. The van der Waals surface area contributed by atoms with Crippen LogP contribution in [0, 0.1) is 6.92 Å². The van der Waals surface area contributed by atoms with Crippen molar-refractivity contribution in [1.29, 1.82) is 0 Å². The third kappa shape index (κ3) is 5.77. The zero-order valence-electron chi connectivity index (χ0n) is 15.4. The van der Waals surface area contributed by atoms with Crippen molar-refractivity contribution in [1.82, 2.24) is 4.90 Å². The molecule has 0 aromatic heterocycles. The molecule has 0 aliphatic carbocycles. The third-order valence-electron chi connectivity index (χ3n) is 4.26. The first-order valence-electron chi connectivity index (χ1n) is 8.96. The van der Waals surface area contributed by atoms with Gasteiger partial charge in [0.05, 0.1) is 29.8 Å². The molecule has 2 aromatic rings. The number of benzene rings is 2. The van der Waals surface area contributed by atoms with Crippen LogP contribution in [0.25, 0.3) is 0 Å². The number of nitrogens with one attached hydrogen (secondary N) is 1. The van der Waals surface area contributed by atoms with Gasteiger partial charge in [0.2, 0.25) is 0 Å². The van der Waals surface area contributed by atoms with Crippen LogP contribution in [0.3, 0.4) is 0 Å². The van der Waals surface area contributed by atoms with Gasteiger partial charge in [0.1, 0.15) is 4.91 Å². The Bertz CT molecular complexity index is 813. The average Bonchev–Trinajstić information content (AvgIpc) is 2.69. The Morgan fingerprint density at radius 2 is 1.78 bits per heavy atom. The quantitative estimate of drug-likeness (QED) is 0.778. The lowest BCUT2D eigenvalue weighted by molar-refractivity contribution is -0.112. The number of morpholine rings is 1. The van der Waals surface area contributed by atoms with Crippen molar-refractivity contribution in [2.45, 2.75) is 12.7 Å². The molecule has 0 saturated carbocycles. The van der Waals surface area contributed by atoms with Crippen LogP contribution < -0.4 is 5.32 Å². The fraction of sp³-hybridized carbons (Fsp3) is 0.286. The van der Waals surface area contributed by atoms with E-state index in [2.05, 4.69) is 5.32 Å². The first-order chi connectivity index (χ1) is 13.1. The summed E-state index contributed by atoms with van der Waals surface area (Å²) in [5.41, 5.74) is 2.74. The molecule has 5 nitrogen and oxygen atoms in total. The van der Waals surface area contributed by atoms with E-state index in [1.165, 1.54) is 0 Å². The predicted molar refractivity (Wildman–Crippen MR) is 109 cm³/mol. The number of carbonyl (C=O) groups excluding carboxylic acids is 1. The van der Waals surface area contributed by atoms with Gasteiger partial charge in [-0.25, -0.2) is 0 Å². The molecule has 0 spiro atoms. The lowest BCUT2D eigenvalue weighted by Crippen LogP contribution is -2.33. The minimum Gasteiger partial charge on any atom is -0.378 e. The maximum absolute atomic E-state index is 13.0. The normalized spacial score (nSPS) is 16.0. The second-order valence-electron chi connectivity index (χ2n) is 6.44. The number of amides is 1. The number of carbonyl (C=O) groups is 1. The fourth-order valence-corrected chi connectivity index (χ4v) is 3.90. The SMILES string of the molecule is Cc1ccc(NC(=O)/C(=C/N2CCOCC2)S(=O)Cc2ccccc2)cc1. The highest BCUT2D eigenvalue weighted by molar-refractivity contribution is 7.89. The van der Waals surface area contributed by atoms with Crippen molar-refractivity contribution in [2.75, 3.05) is 31.6 Å². The van der Waals surface area contributed by atoms with Crippen LogP contribution in [0.15, 0.2) is 65.7 Å². The Balaban J connectivity index is 1.79. The van der Waals surface area contributed by atoms with Gasteiger partial charge in [-0.05, 0) is 24.6 Å². The van der Waals surface area contributed by atoms with Crippen molar-refractivity contribution in [3.63, 3.8) is 0 Å². The molecule has 0 radical (unpaired) electrons. The Morgan fingerprint density at radius 3 is 2.44 bits per heavy atom. The summed E-state index contributed by atoms with van der Waals surface area (Å²) in [5, 5.41) is 2.87. The molecule has 1 aliphatic rings. The molecule has 1 atom stereocenters. The number of ether oxygens (including phenoxy) is 1. The molecule has 1 heterocycles. The fourth-order valence-electron chi connectivity index (χ4n) is 2.73. The molecule has 27 heavy (non-hydrogen) atoms. The monoisotopic (exact) mass is 384 g/mol. The summed E-state index contributed by atoms with van der Waals surface area (Å²) in [5.74, 6) is -0.0298. The van der Waals surface area contributed by atoms with Crippen LogP contribution >= 0.6 is 0 Å². The highest BCUT2D eigenvalue weighted by Gasteiger charge is 2.20. The minimum absolute atomic E-state index is 0.279. The highest BCUT2D eigenvalue weighted by atomic mass is 32.2. The van der Waals surface area contributed by atoms with Gasteiger partial charge in [-0.15, -0.1) is 0 Å². The first kappa shape index (κ1) is 19.3. The van der Waals surface area contributed by atoms with Gasteiger partial charge in [0.15, 0.2) is 0 Å². The molecule has 2 aromatic carbocycles. The molecule has 6 heteroatoms. The number of anilines is 1. The van der Waals surface area contributed by atoms with Gasteiger partial charge < -0.3 is 15.0 Å². The number of hydrogen-bond donors (Lipinski definition) is 1. The van der Waals surface area contributed by atoms with Crippen molar-refractivity contribution >= 4 is 22.4 Å². The molecule has 1 amide bonds. The average molecular weight is 385 g/mol. The summed E-state index contributed by atoms with van der Waals surface area (Å²) in [6.07, 6.45) is 1.73. The minimum atomic E-state index is -1.45. The Hall–Kier alpha value is -2.44. The lowest BCUT2D eigenvalue weighted by atomic mass is 10.2. The summed E-state index contributed by atoms with van der Waals surface area (Å²) in [7, 11) is -1.45.